The molecule has 0 aliphatic rings. The molecule has 0 fully saturated rings. The van der Waals surface area contributed by atoms with E-state index in [-0.39, 0.29) is 17.5 Å². The molecule has 0 saturated heterocycles. The third-order valence-corrected chi connectivity index (χ3v) is 6.42. The van der Waals surface area contributed by atoms with Crippen LogP contribution in [0.2, 0.25) is 0 Å². The molecule has 7 heteroatoms. The Balaban J connectivity index is 2.52. The summed E-state index contributed by atoms with van der Waals surface area (Å²) in [6.45, 7) is 9.75. The van der Waals surface area contributed by atoms with Gasteiger partial charge in [-0.1, -0.05) is 32.0 Å². The number of aromatic nitrogens is 2. The highest BCUT2D eigenvalue weighted by molar-refractivity contribution is 7.91. The van der Waals surface area contributed by atoms with Gasteiger partial charge in [0.2, 0.25) is 15.0 Å². The number of nitrogens with zero attached hydrogens (tertiary/aromatic N) is 3. The second-order valence-corrected chi connectivity index (χ2v) is 8.66. The molecule has 0 saturated carbocycles. The van der Waals surface area contributed by atoms with Crippen molar-refractivity contribution in [3.8, 4) is 0 Å². The third kappa shape index (κ3) is 4.27. The monoisotopic (exact) mass is 367 g/mol. The van der Waals surface area contributed by atoms with Crippen LogP contribution in [0.1, 0.15) is 39.0 Å². The van der Waals surface area contributed by atoms with Gasteiger partial charge < -0.3 is 4.57 Å². The summed E-state index contributed by atoms with van der Waals surface area (Å²) in [5.74, 6) is -0.349. The molecule has 0 amide bonds. The summed E-state index contributed by atoms with van der Waals surface area (Å²) in [5, 5.41) is -0.580. The number of benzene rings is 1. The fourth-order valence-electron chi connectivity index (χ4n) is 2.60. The summed E-state index contributed by atoms with van der Waals surface area (Å²) < 4.78 is 41.1. The van der Waals surface area contributed by atoms with E-state index in [1.165, 1.54) is 6.07 Å². The van der Waals surface area contributed by atoms with Gasteiger partial charge in [0.1, 0.15) is 5.82 Å². The van der Waals surface area contributed by atoms with E-state index < -0.39 is 15.1 Å². The summed E-state index contributed by atoms with van der Waals surface area (Å²) in [6.07, 6.45) is 1.59. The summed E-state index contributed by atoms with van der Waals surface area (Å²) in [7, 11) is -3.56. The van der Waals surface area contributed by atoms with Gasteiger partial charge in [-0.15, -0.1) is 0 Å². The van der Waals surface area contributed by atoms with Crippen LogP contribution in [-0.4, -0.2) is 41.2 Å². The summed E-state index contributed by atoms with van der Waals surface area (Å²) in [5.41, 5.74) is 1.22. The van der Waals surface area contributed by atoms with Gasteiger partial charge in [-0.3, -0.25) is 4.90 Å². The van der Waals surface area contributed by atoms with E-state index in [0.717, 1.165) is 18.8 Å². The van der Waals surface area contributed by atoms with Crippen LogP contribution in [-0.2, 0) is 22.9 Å². The van der Waals surface area contributed by atoms with E-state index in [2.05, 4.69) is 9.88 Å². The fourth-order valence-corrected chi connectivity index (χ4v) is 3.71. The Hall–Kier alpha value is -1.73. The van der Waals surface area contributed by atoms with Crippen LogP contribution >= 0.6 is 0 Å². The van der Waals surface area contributed by atoms with Crippen LogP contribution in [0.25, 0.3) is 0 Å². The lowest BCUT2D eigenvalue weighted by molar-refractivity contribution is 0.287. The zero-order valence-corrected chi connectivity index (χ0v) is 16.1. The van der Waals surface area contributed by atoms with Crippen molar-refractivity contribution in [1.29, 1.82) is 0 Å². The highest BCUT2D eigenvalue weighted by Gasteiger charge is 2.27. The maximum Gasteiger partial charge on any atom is 0.228 e. The van der Waals surface area contributed by atoms with Crippen molar-refractivity contribution >= 4 is 9.84 Å². The van der Waals surface area contributed by atoms with E-state index in [0.29, 0.717) is 12.1 Å². The van der Waals surface area contributed by atoms with Crippen molar-refractivity contribution in [2.24, 2.45) is 0 Å². The number of imidazole rings is 1. The van der Waals surface area contributed by atoms with E-state index in [1.54, 1.807) is 42.8 Å². The maximum absolute atomic E-state index is 14.1. The van der Waals surface area contributed by atoms with Crippen molar-refractivity contribution in [3.63, 3.8) is 0 Å². The molecule has 25 heavy (non-hydrogen) atoms. The van der Waals surface area contributed by atoms with E-state index in [1.807, 2.05) is 13.8 Å². The number of sulfone groups is 1. The number of hydrogen-bond acceptors (Lipinski definition) is 4. The second kappa shape index (κ2) is 8.10. The first kappa shape index (κ1) is 19.6. The third-order valence-electron chi connectivity index (χ3n) is 4.34. The molecule has 0 spiro atoms. The van der Waals surface area contributed by atoms with Gasteiger partial charge in [0.05, 0.1) is 23.7 Å². The topological polar surface area (TPSA) is 55.2 Å². The van der Waals surface area contributed by atoms with Crippen LogP contribution in [0.4, 0.5) is 4.39 Å². The lowest BCUT2D eigenvalue weighted by Gasteiger charge is -2.20. The molecule has 2 rings (SSSR count). The van der Waals surface area contributed by atoms with Crippen molar-refractivity contribution in [3.05, 3.63) is 47.5 Å². The van der Waals surface area contributed by atoms with Gasteiger partial charge in [-0.2, -0.15) is 0 Å². The van der Waals surface area contributed by atoms with Gasteiger partial charge >= 0.3 is 0 Å². The fraction of sp³-hybridized carbons (Fsp3) is 0.500. The highest BCUT2D eigenvalue weighted by atomic mass is 32.2. The number of hydrogen-bond donors (Lipinski definition) is 0. The Morgan fingerprint density at radius 1 is 1.20 bits per heavy atom. The second-order valence-electron chi connectivity index (χ2n) is 6.26. The average Bonchev–Trinajstić information content (AvgIpc) is 2.97. The first-order valence-corrected chi connectivity index (χ1v) is 10.1. The normalized spacial score (nSPS) is 12.3. The highest BCUT2D eigenvalue weighted by Crippen LogP contribution is 2.21. The van der Waals surface area contributed by atoms with Crippen molar-refractivity contribution in [2.75, 3.05) is 13.1 Å². The van der Waals surface area contributed by atoms with E-state index in [9.17, 15) is 12.8 Å². The zero-order chi connectivity index (χ0) is 18.6. The molecule has 5 nitrogen and oxygen atoms in total. The van der Waals surface area contributed by atoms with Gasteiger partial charge in [0, 0.05) is 12.1 Å². The van der Waals surface area contributed by atoms with Gasteiger partial charge in [0.15, 0.2) is 0 Å². The Labute approximate surface area is 149 Å². The number of rotatable bonds is 8. The molecule has 1 heterocycles. The minimum atomic E-state index is -3.56. The van der Waals surface area contributed by atoms with Gasteiger partial charge in [-0.25, -0.2) is 17.8 Å². The molecule has 0 radical (unpaired) electrons. The Morgan fingerprint density at radius 3 is 2.40 bits per heavy atom. The first-order valence-electron chi connectivity index (χ1n) is 8.55. The van der Waals surface area contributed by atoms with Crippen LogP contribution in [0.5, 0.6) is 0 Å². The smallest absolute Gasteiger partial charge is 0.228 e. The van der Waals surface area contributed by atoms with Crippen molar-refractivity contribution < 1.29 is 12.8 Å². The van der Waals surface area contributed by atoms with Crippen LogP contribution in [0.3, 0.4) is 0 Å². The summed E-state index contributed by atoms with van der Waals surface area (Å²) >= 11 is 0. The predicted octanol–water partition coefficient (Wildman–Crippen LogP) is 3.09. The van der Waals surface area contributed by atoms with Crippen LogP contribution in [0.15, 0.2) is 35.6 Å². The molecule has 0 aliphatic carbocycles. The largest absolute Gasteiger partial charge is 0.313 e. The zero-order valence-electron chi connectivity index (χ0n) is 15.2. The molecular formula is C18H26FN3O2S. The van der Waals surface area contributed by atoms with E-state index in [4.69, 9.17) is 0 Å². The lowest BCUT2D eigenvalue weighted by Crippen LogP contribution is -2.26. The minimum Gasteiger partial charge on any atom is -0.313 e. The lowest BCUT2D eigenvalue weighted by atomic mass is 10.2. The standard InChI is InChI=1S/C18H26FN3O2S/c1-5-21(6-2)13-16-11-20-18(25(23,24)14(3)4)22(16)12-15-9-7-8-10-17(15)19/h7-11,14H,5-6,12-13H2,1-4H3. The number of halogens is 1. The van der Waals surface area contributed by atoms with Crippen LogP contribution < -0.4 is 0 Å². The molecule has 138 valence electrons. The maximum atomic E-state index is 14.1. The van der Waals surface area contributed by atoms with E-state index >= 15 is 0 Å². The molecule has 1 aromatic carbocycles. The van der Waals surface area contributed by atoms with Crippen molar-refractivity contribution in [2.45, 2.75) is 51.2 Å². The Kier molecular flexibility index (Phi) is 6.35. The van der Waals surface area contributed by atoms with Crippen molar-refractivity contribution in [1.82, 2.24) is 14.5 Å². The quantitative estimate of drug-likeness (QED) is 0.719. The predicted molar refractivity (Wildman–Crippen MR) is 96.7 cm³/mol. The molecule has 0 bridgehead atoms. The molecule has 0 N–H and O–H groups in total. The first-order chi connectivity index (χ1) is 11.8. The van der Waals surface area contributed by atoms with Crippen LogP contribution in [0, 0.1) is 5.82 Å². The molecular weight excluding hydrogens is 341 g/mol. The molecule has 0 atom stereocenters. The van der Waals surface area contributed by atoms with Gasteiger partial charge in [0.25, 0.3) is 0 Å². The molecule has 1 aromatic heterocycles. The summed E-state index contributed by atoms with van der Waals surface area (Å²) in [4.78, 5) is 6.35. The molecule has 2 aromatic rings. The Morgan fingerprint density at radius 2 is 1.84 bits per heavy atom. The summed E-state index contributed by atoms with van der Waals surface area (Å²) in [6, 6.07) is 6.42. The SMILES string of the molecule is CCN(CC)Cc1cnc(S(=O)(=O)C(C)C)n1Cc1ccccc1F. The average molecular weight is 367 g/mol. The molecule has 0 aliphatic heterocycles. The Bertz CT molecular complexity index is 811. The minimum absolute atomic E-state index is 0.00732. The van der Waals surface area contributed by atoms with Gasteiger partial charge in [-0.05, 0) is 33.0 Å². The molecule has 0 unspecified atom stereocenters.